The second-order valence-corrected chi connectivity index (χ2v) is 8.48. The third-order valence-electron chi connectivity index (χ3n) is 1.12. The summed E-state index contributed by atoms with van der Waals surface area (Å²) in [5, 5.41) is 19.0. The SMILES string of the molecule is O=C(O)c1ccccc1[O-].[Br][Al+][Br]. The van der Waals surface area contributed by atoms with E-state index in [9.17, 15) is 9.90 Å². The fourth-order valence-electron chi connectivity index (χ4n) is 0.643. The Bertz CT molecular complexity index is 280. The van der Waals surface area contributed by atoms with Crippen molar-refractivity contribution >= 4 is 45.6 Å². The maximum atomic E-state index is 10.7. The molecular formula is C7H5AlBr2O3. The number of hydrogen-bond acceptors (Lipinski definition) is 2. The molecule has 0 bridgehead atoms. The summed E-state index contributed by atoms with van der Waals surface area (Å²) in [6.45, 7) is 0. The van der Waals surface area contributed by atoms with E-state index in [0.717, 1.165) is 0 Å². The van der Waals surface area contributed by atoms with Gasteiger partial charge in [-0.1, -0.05) is 23.9 Å². The van der Waals surface area contributed by atoms with E-state index >= 15 is 0 Å². The Hall–Kier alpha value is -0.0175. The van der Waals surface area contributed by atoms with Gasteiger partial charge in [-0.15, -0.1) is 0 Å². The molecule has 1 N–H and O–H groups in total. The van der Waals surface area contributed by atoms with Gasteiger partial charge in [0.1, 0.15) is 0 Å². The molecule has 1 rings (SSSR count). The van der Waals surface area contributed by atoms with Gasteiger partial charge in [0.15, 0.2) is 0 Å². The molecule has 0 radical (unpaired) electrons. The molecule has 1 aromatic rings. The monoisotopic (exact) mass is 322 g/mol. The average Bonchev–Trinajstić information content (AvgIpc) is 2.06. The number of benzene rings is 1. The number of rotatable bonds is 1. The topological polar surface area (TPSA) is 60.4 Å². The molecule has 0 aliphatic rings. The van der Waals surface area contributed by atoms with Crippen LogP contribution < -0.4 is 5.11 Å². The predicted octanol–water partition coefficient (Wildman–Crippen LogP) is 1.77. The van der Waals surface area contributed by atoms with Gasteiger partial charge < -0.3 is 10.2 Å². The summed E-state index contributed by atoms with van der Waals surface area (Å²) < 4.78 is 0. The molecule has 0 saturated carbocycles. The van der Waals surface area contributed by atoms with Gasteiger partial charge >= 0.3 is 45.6 Å². The summed E-state index contributed by atoms with van der Waals surface area (Å²) in [6.07, 6.45) is 0. The van der Waals surface area contributed by atoms with Gasteiger partial charge in [0, 0.05) is 0 Å². The van der Waals surface area contributed by atoms with Crippen molar-refractivity contribution in [2.45, 2.75) is 0 Å². The van der Waals surface area contributed by atoms with Crippen molar-refractivity contribution in [1.82, 2.24) is 0 Å². The summed E-state index contributed by atoms with van der Waals surface area (Å²) >= 11 is 6.67. The summed E-state index contributed by atoms with van der Waals surface area (Å²) in [6, 6.07) is 5.54. The van der Waals surface area contributed by atoms with Crippen LogP contribution >= 0.6 is 28.1 Å². The van der Waals surface area contributed by atoms with Gasteiger partial charge in [0.05, 0.1) is 5.56 Å². The zero-order valence-corrected chi connectivity index (χ0v) is 10.7. The minimum atomic E-state index is -1.18. The van der Waals surface area contributed by atoms with E-state index in [-0.39, 0.29) is 5.56 Å². The van der Waals surface area contributed by atoms with Crippen molar-refractivity contribution in [3.63, 3.8) is 0 Å². The number of carbonyl (C=O) groups is 1. The van der Waals surface area contributed by atoms with E-state index in [0.29, 0.717) is 11.6 Å². The third-order valence-corrected chi connectivity index (χ3v) is 1.12. The van der Waals surface area contributed by atoms with E-state index in [1.165, 1.54) is 24.3 Å². The van der Waals surface area contributed by atoms with Gasteiger partial charge in [0.25, 0.3) is 0 Å². The number of halogens is 2. The molecule has 0 unspecified atom stereocenters. The van der Waals surface area contributed by atoms with Crippen LogP contribution in [0.4, 0.5) is 0 Å². The normalized spacial score (nSPS) is 7.85. The number of carboxylic acid groups (broad SMARTS) is 1. The van der Waals surface area contributed by atoms with Gasteiger partial charge in [-0.2, -0.15) is 0 Å². The first-order valence-corrected chi connectivity index (χ1v) is 9.51. The predicted molar refractivity (Wildman–Crippen MR) is 56.5 cm³/mol. The summed E-state index contributed by atoms with van der Waals surface area (Å²) in [5.74, 6) is -1.62. The molecule has 0 spiro atoms. The second kappa shape index (κ2) is 7.39. The number of aromatic carboxylic acids is 1. The summed E-state index contributed by atoms with van der Waals surface area (Å²) in [5.41, 5.74) is -0.178. The van der Waals surface area contributed by atoms with E-state index in [4.69, 9.17) is 5.11 Å². The first kappa shape index (κ1) is 13.0. The molecule has 0 heterocycles. The Kier molecular flexibility index (Phi) is 7.38. The number of hydrogen-bond donors (Lipinski definition) is 1. The van der Waals surface area contributed by atoms with Crippen LogP contribution in [0.5, 0.6) is 5.75 Å². The molecule has 0 aliphatic heterocycles. The van der Waals surface area contributed by atoms with Crippen molar-refractivity contribution in [3.05, 3.63) is 29.8 Å². The van der Waals surface area contributed by atoms with Crippen molar-refractivity contribution in [1.29, 1.82) is 0 Å². The van der Waals surface area contributed by atoms with E-state index in [2.05, 4.69) is 28.1 Å². The molecule has 68 valence electrons. The van der Waals surface area contributed by atoms with Gasteiger partial charge in [0.2, 0.25) is 0 Å². The quantitative estimate of drug-likeness (QED) is 0.801. The molecule has 1 aromatic carbocycles. The van der Waals surface area contributed by atoms with Crippen LogP contribution in [0.2, 0.25) is 0 Å². The molecule has 0 amide bonds. The van der Waals surface area contributed by atoms with Gasteiger partial charge in [-0.25, -0.2) is 4.79 Å². The van der Waals surface area contributed by atoms with Crippen LogP contribution in [0.3, 0.4) is 0 Å². The summed E-state index contributed by atoms with van der Waals surface area (Å²) in [7, 11) is 0. The molecule has 6 heteroatoms. The molecule has 0 aromatic heterocycles. The molecule has 13 heavy (non-hydrogen) atoms. The van der Waals surface area contributed by atoms with Crippen LogP contribution in [0.15, 0.2) is 24.3 Å². The van der Waals surface area contributed by atoms with Crippen molar-refractivity contribution in [2.75, 3.05) is 0 Å². The molecule has 0 aliphatic carbocycles. The number of carboxylic acids is 1. The van der Waals surface area contributed by atoms with Crippen LogP contribution in [-0.4, -0.2) is 22.6 Å². The van der Waals surface area contributed by atoms with E-state index in [1.54, 1.807) is 0 Å². The molecule has 0 atom stereocenters. The van der Waals surface area contributed by atoms with Crippen molar-refractivity contribution in [2.24, 2.45) is 0 Å². The zero-order valence-electron chi connectivity index (χ0n) is 6.41. The van der Waals surface area contributed by atoms with Crippen LogP contribution in [-0.2, 0) is 0 Å². The third kappa shape index (κ3) is 5.32. The summed E-state index contributed by atoms with van der Waals surface area (Å²) in [4.78, 5) is 10.2. The fourth-order valence-corrected chi connectivity index (χ4v) is 0.643. The fraction of sp³-hybridized carbons (Fsp3) is 0. The Labute approximate surface area is 95.8 Å². The van der Waals surface area contributed by atoms with Gasteiger partial charge in [-0.3, -0.25) is 0 Å². The van der Waals surface area contributed by atoms with Crippen LogP contribution in [0.25, 0.3) is 0 Å². The molecular weight excluding hydrogens is 319 g/mol. The van der Waals surface area contributed by atoms with Crippen LogP contribution in [0, 0.1) is 0 Å². The van der Waals surface area contributed by atoms with E-state index < -0.39 is 11.7 Å². The standard InChI is InChI=1S/C7H6O3.Al.2BrH/c8-6-4-2-1-3-5(6)7(9)10;;;/h1-4,8H,(H,9,10);;2*1H/q;+3;;/p-3. The Balaban J connectivity index is 0.000000424. The molecule has 3 nitrogen and oxygen atoms in total. The van der Waals surface area contributed by atoms with Crippen molar-refractivity contribution < 1.29 is 15.0 Å². The van der Waals surface area contributed by atoms with Crippen molar-refractivity contribution in [3.8, 4) is 5.75 Å². The Morgan fingerprint density at radius 2 is 1.85 bits per heavy atom. The average molecular weight is 324 g/mol. The zero-order chi connectivity index (χ0) is 10.3. The van der Waals surface area contributed by atoms with Crippen LogP contribution in [0.1, 0.15) is 10.4 Å². The van der Waals surface area contributed by atoms with Gasteiger partial charge in [-0.05, 0) is 6.07 Å². The minimum absolute atomic E-state index is 0.178. The first-order chi connectivity index (χ1) is 6.13. The Morgan fingerprint density at radius 1 is 1.38 bits per heavy atom. The molecule has 0 fully saturated rings. The van der Waals surface area contributed by atoms with E-state index in [1.807, 2.05) is 0 Å². The second-order valence-electron chi connectivity index (χ2n) is 1.88. The first-order valence-electron chi connectivity index (χ1n) is 3.15. The number of para-hydroxylation sites is 1. The Morgan fingerprint density at radius 3 is 2.15 bits per heavy atom. The molecule has 0 saturated heterocycles. The maximum absolute atomic E-state index is 10.7.